The topological polar surface area (TPSA) is 104 Å². The highest BCUT2D eigenvalue weighted by atomic mass is 32.2. The average molecular weight is 476 g/mol. The van der Waals surface area contributed by atoms with E-state index in [2.05, 4.69) is 5.32 Å². The summed E-state index contributed by atoms with van der Waals surface area (Å²) in [5, 5.41) is 2.65. The molecule has 2 aromatic carbocycles. The lowest BCUT2D eigenvalue weighted by atomic mass is 10.1. The Hall–Kier alpha value is -3.27. The monoisotopic (exact) mass is 475 g/mol. The summed E-state index contributed by atoms with van der Waals surface area (Å²) in [7, 11) is -3.96. The standard InChI is InChI=1S/C23H26FN3O5S/c1-3-25-22(29)16(2)26(15-17-9-4-6-11-19(17)24)21(28)13-8-14-27-23(30)18-10-5-7-12-20(18)33(27,31)32/h4-7,9-12,16H,3,8,13-15H2,1-2H3,(H,25,29). The molecule has 1 heterocycles. The number of likely N-dealkylation sites (N-methyl/N-ethyl adjacent to an activating group) is 1. The van der Waals surface area contributed by atoms with Gasteiger partial charge in [-0.3, -0.25) is 14.4 Å². The van der Waals surface area contributed by atoms with Crippen molar-refractivity contribution in [1.29, 1.82) is 0 Å². The van der Waals surface area contributed by atoms with E-state index in [4.69, 9.17) is 0 Å². The molecule has 10 heteroatoms. The van der Waals surface area contributed by atoms with Gasteiger partial charge in [-0.25, -0.2) is 17.1 Å². The summed E-state index contributed by atoms with van der Waals surface area (Å²) in [5.74, 6) is -1.95. The molecule has 1 unspecified atom stereocenters. The Labute approximate surface area is 192 Å². The van der Waals surface area contributed by atoms with E-state index in [0.29, 0.717) is 6.54 Å². The van der Waals surface area contributed by atoms with E-state index in [1.807, 2.05) is 0 Å². The summed E-state index contributed by atoms with van der Waals surface area (Å²) < 4.78 is 40.3. The number of halogens is 1. The maximum Gasteiger partial charge on any atom is 0.269 e. The van der Waals surface area contributed by atoms with Gasteiger partial charge >= 0.3 is 0 Å². The molecule has 1 atom stereocenters. The minimum atomic E-state index is -3.96. The number of amides is 3. The van der Waals surface area contributed by atoms with Gasteiger partial charge in [0.25, 0.3) is 15.9 Å². The Morgan fingerprint density at radius 2 is 1.79 bits per heavy atom. The molecule has 0 spiro atoms. The van der Waals surface area contributed by atoms with Crippen LogP contribution in [-0.4, -0.2) is 54.5 Å². The van der Waals surface area contributed by atoms with Gasteiger partial charge in [0.1, 0.15) is 16.8 Å². The van der Waals surface area contributed by atoms with Crippen molar-refractivity contribution in [2.24, 2.45) is 0 Å². The molecule has 3 rings (SSSR count). The van der Waals surface area contributed by atoms with Crippen molar-refractivity contribution in [1.82, 2.24) is 14.5 Å². The molecule has 1 N–H and O–H groups in total. The van der Waals surface area contributed by atoms with Crippen molar-refractivity contribution in [3.8, 4) is 0 Å². The van der Waals surface area contributed by atoms with Gasteiger partial charge in [0, 0.05) is 31.6 Å². The zero-order valence-electron chi connectivity index (χ0n) is 18.5. The molecular weight excluding hydrogens is 449 g/mol. The van der Waals surface area contributed by atoms with Gasteiger partial charge in [0.2, 0.25) is 11.8 Å². The fourth-order valence-corrected chi connectivity index (χ4v) is 5.29. The summed E-state index contributed by atoms with van der Waals surface area (Å²) in [4.78, 5) is 39.1. The summed E-state index contributed by atoms with van der Waals surface area (Å²) in [6, 6.07) is 11.1. The third kappa shape index (κ3) is 5.05. The van der Waals surface area contributed by atoms with E-state index < -0.39 is 33.7 Å². The first kappa shape index (κ1) is 24.4. The van der Waals surface area contributed by atoms with Gasteiger partial charge in [-0.1, -0.05) is 30.3 Å². The van der Waals surface area contributed by atoms with Crippen molar-refractivity contribution < 1.29 is 27.2 Å². The van der Waals surface area contributed by atoms with Crippen LogP contribution in [0.5, 0.6) is 0 Å². The Kier molecular flexibility index (Phi) is 7.47. The molecule has 0 saturated heterocycles. The van der Waals surface area contributed by atoms with Crippen LogP contribution in [0, 0.1) is 5.82 Å². The zero-order valence-corrected chi connectivity index (χ0v) is 19.3. The van der Waals surface area contributed by atoms with Crippen LogP contribution in [-0.2, 0) is 26.2 Å². The van der Waals surface area contributed by atoms with Crippen LogP contribution in [0.4, 0.5) is 4.39 Å². The second kappa shape index (κ2) is 10.1. The normalized spacial score (nSPS) is 15.1. The lowest BCUT2D eigenvalue weighted by Crippen LogP contribution is -2.47. The predicted molar refractivity (Wildman–Crippen MR) is 119 cm³/mol. The average Bonchev–Trinajstić information content (AvgIpc) is 2.99. The van der Waals surface area contributed by atoms with Crippen molar-refractivity contribution >= 4 is 27.7 Å². The fraction of sp³-hybridized carbons (Fsp3) is 0.348. The smallest absolute Gasteiger partial charge is 0.269 e. The number of nitrogens with zero attached hydrogens (tertiary/aromatic N) is 2. The highest BCUT2D eigenvalue weighted by Crippen LogP contribution is 2.30. The molecule has 0 aliphatic carbocycles. The molecule has 0 radical (unpaired) electrons. The molecule has 0 fully saturated rings. The molecule has 8 nitrogen and oxygen atoms in total. The molecule has 3 amide bonds. The molecule has 2 aromatic rings. The highest BCUT2D eigenvalue weighted by Gasteiger charge is 2.40. The van der Waals surface area contributed by atoms with Crippen molar-refractivity contribution in [2.45, 2.75) is 44.2 Å². The van der Waals surface area contributed by atoms with Crippen LogP contribution in [0.2, 0.25) is 0 Å². The van der Waals surface area contributed by atoms with Crippen LogP contribution in [0.3, 0.4) is 0 Å². The Morgan fingerprint density at radius 3 is 2.45 bits per heavy atom. The Bertz CT molecular complexity index is 1170. The molecule has 176 valence electrons. The molecule has 0 saturated carbocycles. The highest BCUT2D eigenvalue weighted by molar-refractivity contribution is 7.90. The quantitative estimate of drug-likeness (QED) is 0.599. The maximum absolute atomic E-state index is 14.2. The molecular formula is C23H26FN3O5S. The van der Waals surface area contributed by atoms with Gasteiger partial charge in [-0.05, 0) is 38.5 Å². The number of carbonyl (C=O) groups is 3. The Morgan fingerprint density at radius 1 is 1.12 bits per heavy atom. The van der Waals surface area contributed by atoms with Crippen molar-refractivity contribution in [3.63, 3.8) is 0 Å². The number of nitrogens with one attached hydrogen (secondary N) is 1. The Balaban J connectivity index is 1.71. The van der Waals surface area contributed by atoms with Crippen LogP contribution >= 0.6 is 0 Å². The molecule has 0 aromatic heterocycles. The lowest BCUT2D eigenvalue weighted by Gasteiger charge is -2.29. The van der Waals surface area contributed by atoms with Gasteiger partial charge < -0.3 is 10.2 Å². The second-order valence-corrected chi connectivity index (χ2v) is 9.50. The number of fused-ring (bicyclic) bond motifs is 1. The SMILES string of the molecule is CCNC(=O)C(C)N(Cc1ccccc1F)C(=O)CCCN1C(=O)c2ccccc2S1(=O)=O. The third-order valence-electron chi connectivity index (χ3n) is 5.48. The minimum absolute atomic E-state index is 0.0487. The molecule has 0 bridgehead atoms. The fourth-order valence-electron chi connectivity index (χ4n) is 3.68. The third-order valence-corrected chi connectivity index (χ3v) is 7.32. The maximum atomic E-state index is 14.2. The van der Waals surface area contributed by atoms with E-state index in [-0.39, 0.29) is 47.9 Å². The first-order chi connectivity index (χ1) is 15.7. The van der Waals surface area contributed by atoms with E-state index in [1.54, 1.807) is 32.0 Å². The van der Waals surface area contributed by atoms with Crippen LogP contribution in [0.25, 0.3) is 0 Å². The number of sulfonamides is 1. The first-order valence-electron chi connectivity index (χ1n) is 10.6. The van der Waals surface area contributed by atoms with E-state index >= 15 is 0 Å². The van der Waals surface area contributed by atoms with Crippen molar-refractivity contribution in [2.75, 3.05) is 13.1 Å². The van der Waals surface area contributed by atoms with Crippen molar-refractivity contribution in [3.05, 3.63) is 65.5 Å². The molecule has 33 heavy (non-hydrogen) atoms. The van der Waals surface area contributed by atoms with Crippen LogP contribution < -0.4 is 5.32 Å². The summed E-state index contributed by atoms with van der Waals surface area (Å²) in [5.41, 5.74) is 0.365. The van der Waals surface area contributed by atoms with Gasteiger partial charge in [-0.15, -0.1) is 0 Å². The number of rotatable bonds is 9. The summed E-state index contributed by atoms with van der Waals surface area (Å²) >= 11 is 0. The van der Waals surface area contributed by atoms with E-state index in [9.17, 15) is 27.2 Å². The number of carbonyl (C=O) groups excluding carboxylic acids is 3. The molecule has 1 aliphatic heterocycles. The molecule has 1 aliphatic rings. The second-order valence-electron chi connectivity index (χ2n) is 7.67. The van der Waals surface area contributed by atoms with Gasteiger partial charge in [0.15, 0.2) is 0 Å². The number of benzene rings is 2. The lowest BCUT2D eigenvalue weighted by molar-refractivity contribution is -0.140. The minimum Gasteiger partial charge on any atom is -0.355 e. The van der Waals surface area contributed by atoms with Crippen LogP contribution in [0.1, 0.15) is 42.6 Å². The van der Waals surface area contributed by atoms with E-state index in [0.717, 1.165) is 4.31 Å². The first-order valence-corrected chi connectivity index (χ1v) is 12.1. The summed E-state index contributed by atoms with van der Waals surface area (Å²) in [6.45, 7) is 3.38. The van der Waals surface area contributed by atoms with E-state index in [1.165, 1.54) is 35.2 Å². The summed E-state index contributed by atoms with van der Waals surface area (Å²) in [6.07, 6.45) is -0.0540. The van der Waals surface area contributed by atoms with Gasteiger partial charge in [-0.2, -0.15) is 0 Å². The zero-order chi connectivity index (χ0) is 24.2. The predicted octanol–water partition coefficient (Wildman–Crippen LogP) is 2.30. The largest absolute Gasteiger partial charge is 0.355 e. The number of hydrogen-bond acceptors (Lipinski definition) is 5. The van der Waals surface area contributed by atoms with Gasteiger partial charge in [0.05, 0.1) is 5.56 Å². The number of hydrogen-bond donors (Lipinski definition) is 1. The van der Waals surface area contributed by atoms with Crippen LogP contribution in [0.15, 0.2) is 53.4 Å².